The highest BCUT2D eigenvalue weighted by molar-refractivity contribution is 5.94. The van der Waals surface area contributed by atoms with E-state index in [1.54, 1.807) is 0 Å². The molecule has 4 rings (SSSR count). The summed E-state index contributed by atoms with van der Waals surface area (Å²) in [4.78, 5) is 15.3. The maximum Gasteiger partial charge on any atom is 0.276 e. The molecule has 144 valence electrons. The SMILES string of the molecule is Cc1onc(C(=O)N2CCCCC2c2ccccc2)c1COc1ccccc1. The van der Waals surface area contributed by atoms with Gasteiger partial charge >= 0.3 is 0 Å². The third-order valence-corrected chi connectivity index (χ3v) is 5.26. The number of amides is 1. The number of likely N-dealkylation sites (tertiary alicyclic amines) is 1. The van der Waals surface area contributed by atoms with E-state index < -0.39 is 0 Å². The lowest BCUT2D eigenvalue weighted by molar-refractivity contribution is 0.0598. The number of aromatic nitrogens is 1. The number of rotatable bonds is 5. The average Bonchev–Trinajstić information content (AvgIpc) is 3.13. The number of nitrogens with zero attached hydrogens (tertiary/aromatic N) is 2. The molecule has 1 amide bonds. The molecule has 1 saturated heterocycles. The second-order valence-electron chi connectivity index (χ2n) is 7.09. The largest absolute Gasteiger partial charge is 0.489 e. The van der Waals surface area contributed by atoms with Crippen LogP contribution in [0.2, 0.25) is 0 Å². The molecule has 5 heteroatoms. The van der Waals surface area contributed by atoms with Crippen LogP contribution in [0.4, 0.5) is 0 Å². The average molecular weight is 376 g/mol. The first-order chi connectivity index (χ1) is 13.7. The number of carbonyl (C=O) groups is 1. The van der Waals surface area contributed by atoms with Crippen LogP contribution in [-0.4, -0.2) is 22.5 Å². The van der Waals surface area contributed by atoms with Crippen molar-refractivity contribution in [1.82, 2.24) is 10.1 Å². The summed E-state index contributed by atoms with van der Waals surface area (Å²) >= 11 is 0. The zero-order chi connectivity index (χ0) is 19.3. The van der Waals surface area contributed by atoms with Crippen LogP contribution < -0.4 is 4.74 Å². The summed E-state index contributed by atoms with van der Waals surface area (Å²) in [7, 11) is 0. The first-order valence-electron chi connectivity index (χ1n) is 9.73. The Labute approximate surface area is 164 Å². The number of carbonyl (C=O) groups excluding carboxylic acids is 1. The van der Waals surface area contributed by atoms with Crippen LogP contribution >= 0.6 is 0 Å². The number of hydrogen-bond donors (Lipinski definition) is 0. The van der Waals surface area contributed by atoms with Gasteiger partial charge in [0.2, 0.25) is 0 Å². The summed E-state index contributed by atoms with van der Waals surface area (Å²) in [5.41, 5.74) is 2.24. The van der Waals surface area contributed by atoms with Crippen molar-refractivity contribution in [3.63, 3.8) is 0 Å². The first-order valence-corrected chi connectivity index (χ1v) is 9.73. The van der Waals surface area contributed by atoms with Gasteiger partial charge in [-0.25, -0.2) is 0 Å². The van der Waals surface area contributed by atoms with E-state index in [0.717, 1.165) is 37.1 Å². The van der Waals surface area contributed by atoms with Crippen molar-refractivity contribution in [2.24, 2.45) is 0 Å². The van der Waals surface area contributed by atoms with Crippen molar-refractivity contribution >= 4 is 5.91 Å². The van der Waals surface area contributed by atoms with Crippen molar-refractivity contribution < 1.29 is 14.1 Å². The lowest BCUT2D eigenvalue weighted by Gasteiger charge is -2.35. The number of piperidine rings is 1. The Hall–Kier alpha value is -3.08. The predicted molar refractivity (Wildman–Crippen MR) is 106 cm³/mol. The Kier molecular flexibility index (Phi) is 5.42. The van der Waals surface area contributed by atoms with Crippen LogP contribution in [-0.2, 0) is 6.61 Å². The van der Waals surface area contributed by atoms with E-state index >= 15 is 0 Å². The van der Waals surface area contributed by atoms with Crippen LogP contribution in [0.1, 0.15) is 52.7 Å². The monoisotopic (exact) mass is 376 g/mol. The van der Waals surface area contributed by atoms with E-state index in [2.05, 4.69) is 17.3 Å². The minimum absolute atomic E-state index is 0.0716. The summed E-state index contributed by atoms with van der Waals surface area (Å²) in [6, 6.07) is 19.8. The number of para-hydroxylation sites is 1. The molecule has 1 atom stereocenters. The molecule has 0 radical (unpaired) electrons. The lowest BCUT2D eigenvalue weighted by Crippen LogP contribution is -2.39. The maximum atomic E-state index is 13.4. The summed E-state index contributed by atoms with van der Waals surface area (Å²) in [5.74, 6) is 1.28. The normalized spacial score (nSPS) is 16.8. The fraction of sp³-hybridized carbons (Fsp3) is 0.304. The molecule has 1 aliphatic heterocycles. The minimum atomic E-state index is -0.0861. The topological polar surface area (TPSA) is 55.6 Å². The van der Waals surface area contributed by atoms with Crippen LogP contribution in [0.5, 0.6) is 5.75 Å². The van der Waals surface area contributed by atoms with E-state index in [1.807, 2.05) is 60.4 Å². The smallest absolute Gasteiger partial charge is 0.276 e. The van der Waals surface area contributed by atoms with Gasteiger partial charge in [-0.15, -0.1) is 0 Å². The van der Waals surface area contributed by atoms with Crippen molar-refractivity contribution in [1.29, 1.82) is 0 Å². The zero-order valence-corrected chi connectivity index (χ0v) is 16.0. The Balaban J connectivity index is 1.57. The minimum Gasteiger partial charge on any atom is -0.489 e. The zero-order valence-electron chi connectivity index (χ0n) is 16.0. The number of hydrogen-bond acceptors (Lipinski definition) is 4. The van der Waals surface area contributed by atoms with E-state index in [9.17, 15) is 4.79 Å². The molecule has 28 heavy (non-hydrogen) atoms. The molecular weight excluding hydrogens is 352 g/mol. The summed E-state index contributed by atoms with van der Waals surface area (Å²) in [5, 5.41) is 4.09. The van der Waals surface area contributed by atoms with E-state index in [-0.39, 0.29) is 18.6 Å². The predicted octanol–water partition coefficient (Wildman–Crippen LogP) is 4.93. The highest BCUT2D eigenvalue weighted by atomic mass is 16.5. The number of ether oxygens (including phenoxy) is 1. The van der Waals surface area contributed by atoms with Gasteiger partial charge in [0.15, 0.2) is 5.69 Å². The van der Waals surface area contributed by atoms with Gasteiger partial charge in [0.1, 0.15) is 18.1 Å². The Bertz CT molecular complexity index is 922. The molecule has 0 aliphatic carbocycles. The molecule has 1 aromatic heterocycles. The van der Waals surface area contributed by atoms with Gasteiger partial charge in [0, 0.05) is 6.54 Å². The second-order valence-corrected chi connectivity index (χ2v) is 7.09. The standard InChI is InChI=1S/C23H24N2O3/c1-17-20(16-27-19-12-6-3-7-13-19)22(24-28-17)23(26)25-15-9-8-14-21(25)18-10-4-2-5-11-18/h2-7,10-13,21H,8-9,14-16H2,1H3. The summed E-state index contributed by atoms with van der Waals surface area (Å²) in [6.07, 6.45) is 3.08. The quantitative estimate of drug-likeness (QED) is 0.634. The molecule has 0 bridgehead atoms. The van der Waals surface area contributed by atoms with Gasteiger partial charge in [-0.05, 0) is 43.9 Å². The van der Waals surface area contributed by atoms with Gasteiger partial charge in [-0.3, -0.25) is 4.79 Å². The molecule has 3 aromatic rings. The molecule has 1 fully saturated rings. The van der Waals surface area contributed by atoms with Crippen molar-refractivity contribution in [2.75, 3.05) is 6.54 Å². The Morgan fingerprint density at radius 2 is 1.82 bits per heavy atom. The van der Waals surface area contributed by atoms with Crippen molar-refractivity contribution in [3.05, 3.63) is 83.2 Å². The van der Waals surface area contributed by atoms with Gasteiger partial charge in [-0.2, -0.15) is 0 Å². The van der Waals surface area contributed by atoms with E-state index in [0.29, 0.717) is 17.0 Å². The Morgan fingerprint density at radius 3 is 2.57 bits per heavy atom. The molecule has 1 unspecified atom stereocenters. The molecule has 5 nitrogen and oxygen atoms in total. The highest BCUT2D eigenvalue weighted by Gasteiger charge is 2.32. The fourth-order valence-corrected chi connectivity index (χ4v) is 3.73. The summed E-state index contributed by atoms with van der Waals surface area (Å²) in [6.45, 7) is 2.80. The second kappa shape index (κ2) is 8.30. The van der Waals surface area contributed by atoms with Crippen LogP contribution in [0.15, 0.2) is 65.2 Å². The highest BCUT2D eigenvalue weighted by Crippen LogP contribution is 2.32. The van der Waals surface area contributed by atoms with Crippen LogP contribution in [0.3, 0.4) is 0 Å². The molecule has 2 heterocycles. The van der Waals surface area contributed by atoms with Crippen molar-refractivity contribution in [3.8, 4) is 5.75 Å². The lowest BCUT2D eigenvalue weighted by atomic mass is 9.94. The van der Waals surface area contributed by atoms with Gasteiger partial charge < -0.3 is 14.2 Å². The first kappa shape index (κ1) is 18.3. The van der Waals surface area contributed by atoms with E-state index in [4.69, 9.17) is 9.26 Å². The van der Waals surface area contributed by atoms with Gasteiger partial charge in [-0.1, -0.05) is 53.7 Å². The van der Waals surface area contributed by atoms with Gasteiger partial charge in [0.05, 0.1) is 11.6 Å². The van der Waals surface area contributed by atoms with Crippen LogP contribution in [0.25, 0.3) is 0 Å². The Morgan fingerprint density at radius 1 is 1.11 bits per heavy atom. The fourth-order valence-electron chi connectivity index (χ4n) is 3.73. The van der Waals surface area contributed by atoms with Crippen molar-refractivity contribution in [2.45, 2.75) is 38.8 Å². The number of benzene rings is 2. The molecule has 1 aliphatic rings. The third-order valence-electron chi connectivity index (χ3n) is 5.26. The molecule has 0 saturated carbocycles. The summed E-state index contributed by atoms with van der Waals surface area (Å²) < 4.78 is 11.2. The molecule has 0 N–H and O–H groups in total. The molecule has 0 spiro atoms. The number of aryl methyl sites for hydroxylation is 1. The van der Waals surface area contributed by atoms with E-state index in [1.165, 1.54) is 0 Å². The molecule has 2 aromatic carbocycles. The maximum absolute atomic E-state index is 13.4. The molecular formula is C23H24N2O3. The van der Waals surface area contributed by atoms with Crippen LogP contribution in [0, 0.1) is 6.92 Å². The van der Waals surface area contributed by atoms with Gasteiger partial charge in [0.25, 0.3) is 5.91 Å². The third kappa shape index (κ3) is 3.79.